The molecule has 0 bridgehead atoms. The summed E-state index contributed by atoms with van der Waals surface area (Å²) in [7, 11) is 0. The molecule has 7 heteroatoms. The van der Waals surface area contributed by atoms with Gasteiger partial charge < -0.3 is 17.4 Å². The summed E-state index contributed by atoms with van der Waals surface area (Å²) >= 11 is 0. The van der Waals surface area contributed by atoms with E-state index in [1.807, 2.05) is 0 Å². The van der Waals surface area contributed by atoms with Crippen molar-refractivity contribution in [3.8, 4) is 0 Å². The molecule has 0 fully saturated rings. The average molecular weight is 356 g/mol. The summed E-state index contributed by atoms with van der Waals surface area (Å²) in [4.78, 5) is 32.7. The summed E-state index contributed by atoms with van der Waals surface area (Å²) in [5, 5.41) is 8.47. The first kappa shape index (κ1) is 24.7. The number of carboxylic acid groups (broad SMARTS) is 1. The van der Waals surface area contributed by atoms with Crippen molar-refractivity contribution >= 4 is 55.6 Å². The molecule has 23 heavy (non-hydrogen) atoms. The van der Waals surface area contributed by atoms with E-state index in [9.17, 15) is 14.4 Å². The Bertz CT molecular complexity index is 378. The number of hydrogen-bond donors (Lipinski definition) is 1. The zero-order valence-electron chi connectivity index (χ0n) is 15.9. The molecule has 1 N–H and O–H groups in total. The SMILES string of the molecule is CC=CC(=O)OCCCCOC(=O)CCCCCCC(=O)O.[Ca+2].[H-].[H-]. The smallest absolute Gasteiger partial charge is 1.00 e. The topological polar surface area (TPSA) is 89.9 Å². The zero-order valence-corrected chi connectivity index (χ0v) is 16.1. The van der Waals surface area contributed by atoms with Crippen LogP contribution in [-0.4, -0.2) is 74.0 Å². The van der Waals surface area contributed by atoms with Crippen molar-refractivity contribution < 1.29 is 31.8 Å². The van der Waals surface area contributed by atoms with Gasteiger partial charge in [-0.3, -0.25) is 9.59 Å². The summed E-state index contributed by atoms with van der Waals surface area (Å²) in [6.07, 6.45) is 7.87. The fourth-order valence-electron chi connectivity index (χ4n) is 1.72. The van der Waals surface area contributed by atoms with Crippen LogP contribution in [0.5, 0.6) is 0 Å². The van der Waals surface area contributed by atoms with Crippen molar-refractivity contribution in [2.24, 2.45) is 0 Å². The van der Waals surface area contributed by atoms with Gasteiger partial charge in [-0.05, 0) is 32.6 Å². The molecule has 0 saturated heterocycles. The van der Waals surface area contributed by atoms with Crippen molar-refractivity contribution in [1.29, 1.82) is 0 Å². The number of unbranched alkanes of at least 4 members (excludes halogenated alkanes) is 4. The van der Waals surface area contributed by atoms with E-state index in [4.69, 9.17) is 14.6 Å². The standard InChI is InChI=1S/C16H26O6.Ca.2H/c1-2-9-15(19)21-12-7-8-13-22-16(20)11-6-4-3-5-10-14(17)18;;;/h2,9H,3-8,10-13H2,1H3,(H,17,18);;;/q;+2;2*-1. The molecule has 0 amide bonds. The average Bonchev–Trinajstić information content (AvgIpc) is 2.46. The van der Waals surface area contributed by atoms with Crippen molar-refractivity contribution in [3.05, 3.63) is 12.2 Å². The van der Waals surface area contributed by atoms with Crippen LogP contribution >= 0.6 is 0 Å². The summed E-state index contributed by atoms with van der Waals surface area (Å²) in [6, 6.07) is 0. The monoisotopic (exact) mass is 356 g/mol. The van der Waals surface area contributed by atoms with E-state index < -0.39 is 5.97 Å². The number of carboxylic acids is 1. The number of carbonyl (C=O) groups excluding carboxylic acids is 2. The maximum Gasteiger partial charge on any atom is 2.00 e. The van der Waals surface area contributed by atoms with Crippen LogP contribution in [0.1, 0.15) is 61.1 Å². The Labute approximate surface area is 170 Å². The van der Waals surface area contributed by atoms with Gasteiger partial charge in [0.1, 0.15) is 0 Å². The molecule has 0 aromatic rings. The Morgan fingerprint density at radius 2 is 1.48 bits per heavy atom. The molecular weight excluding hydrogens is 328 g/mol. The molecule has 0 saturated carbocycles. The fraction of sp³-hybridized carbons (Fsp3) is 0.688. The second kappa shape index (κ2) is 17.8. The number of aliphatic carboxylic acids is 1. The van der Waals surface area contributed by atoms with Gasteiger partial charge in [0, 0.05) is 18.9 Å². The number of rotatable bonds is 13. The van der Waals surface area contributed by atoms with Crippen molar-refractivity contribution in [2.45, 2.75) is 58.3 Å². The molecule has 0 unspecified atom stereocenters. The maximum absolute atomic E-state index is 11.4. The summed E-state index contributed by atoms with van der Waals surface area (Å²) in [5.74, 6) is -1.37. The third-order valence-electron chi connectivity index (χ3n) is 2.87. The molecule has 0 heterocycles. The van der Waals surface area contributed by atoms with Crippen molar-refractivity contribution in [2.75, 3.05) is 13.2 Å². The molecule has 6 nitrogen and oxygen atoms in total. The van der Waals surface area contributed by atoms with E-state index in [0.29, 0.717) is 38.9 Å². The van der Waals surface area contributed by atoms with E-state index in [1.165, 1.54) is 6.08 Å². The second-order valence-corrected chi connectivity index (χ2v) is 4.90. The van der Waals surface area contributed by atoms with Crippen LogP contribution in [0.15, 0.2) is 12.2 Å². The molecule has 0 radical (unpaired) electrons. The minimum absolute atomic E-state index is 0. The van der Waals surface area contributed by atoms with Crippen molar-refractivity contribution in [3.63, 3.8) is 0 Å². The Balaban J connectivity index is -0.000000735. The van der Waals surface area contributed by atoms with Gasteiger partial charge in [-0.15, -0.1) is 0 Å². The molecular formula is C16H28CaO6. The Hall–Kier alpha value is -0.590. The Morgan fingerprint density at radius 3 is 2.04 bits per heavy atom. The zero-order chi connectivity index (χ0) is 16.6. The first-order valence-corrected chi connectivity index (χ1v) is 7.73. The van der Waals surface area contributed by atoms with E-state index in [1.54, 1.807) is 13.0 Å². The minimum Gasteiger partial charge on any atom is -1.00 e. The first-order chi connectivity index (χ1) is 10.6. The van der Waals surface area contributed by atoms with Gasteiger partial charge in [0.25, 0.3) is 0 Å². The molecule has 0 rings (SSSR count). The molecule has 0 aliphatic carbocycles. The Morgan fingerprint density at radius 1 is 0.913 bits per heavy atom. The predicted molar refractivity (Wildman–Crippen MR) is 89.3 cm³/mol. The molecule has 130 valence electrons. The fourth-order valence-corrected chi connectivity index (χ4v) is 1.72. The number of hydrogen-bond acceptors (Lipinski definition) is 5. The van der Waals surface area contributed by atoms with Gasteiger partial charge in [-0.25, -0.2) is 4.79 Å². The van der Waals surface area contributed by atoms with Crippen LogP contribution in [0.25, 0.3) is 0 Å². The molecule has 0 aromatic carbocycles. The quantitative estimate of drug-likeness (QED) is 0.236. The largest absolute Gasteiger partial charge is 2.00 e. The first-order valence-electron chi connectivity index (χ1n) is 7.73. The minimum atomic E-state index is -0.782. The third kappa shape index (κ3) is 19.4. The normalized spacial score (nSPS) is 10.1. The number of carbonyl (C=O) groups is 3. The molecule has 0 spiro atoms. The maximum atomic E-state index is 11.4. The van der Waals surface area contributed by atoms with Gasteiger partial charge in [0.15, 0.2) is 0 Å². The van der Waals surface area contributed by atoms with Crippen LogP contribution in [0.2, 0.25) is 0 Å². The van der Waals surface area contributed by atoms with Crippen LogP contribution in [-0.2, 0) is 23.9 Å². The number of esters is 2. The van der Waals surface area contributed by atoms with Gasteiger partial charge in [0.2, 0.25) is 0 Å². The second-order valence-electron chi connectivity index (χ2n) is 4.90. The van der Waals surface area contributed by atoms with Crippen LogP contribution in [0.3, 0.4) is 0 Å². The summed E-state index contributed by atoms with van der Waals surface area (Å²) < 4.78 is 9.95. The number of ether oxygens (including phenoxy) is 2. The van der Waals surface area contributed by atoms with Crippen LogP contribution in [0, 0.1) is 0 Å². The van der Waals surface area contributed by atoms with E-state index in [2.05, 4.69) is 0 Å². The van der Waals surface area contributed by atoms with E-state index in [0.717, 1.165) is 19.3 Å². The van der Waals surface area contributed by atoms with E-state index >= 15 is 0 Å². The predicted octanol–water partition coefficient (Wildman–Crippen LogP) is 2.70. The van der Waals surface area contributed by atoms with E-state index in [-0.39, 0.29) is 59.0 Å². The summed E-state index contributed by atoms with van der Waals surface area (Å²) in [6.45, 7) is 2.40. The van der Waals surface area contributed by atoms with Gasteiger partial charge in [0.05, 0.1) is 13.2 Å². The van der Waals surface area contributed by atoms with Gasteiger partial charge in [-0.2, -0.15) is 0 Å². The van der Waals surface area contributed by atoms with Gasteiger partial charge in [-0.1, -0.05) is 18.9 Å². The van der Waals surface area contributed by atoms with Crippen LogP contribution < -0.4 is 0 Å². The molecule has 0 aliphatic heterocycles. The molecule has 0 aliphatic rings. The Kier molecular flexibility index (Phi) is 19.0. The van der Waals surface area contributed by atoms with Crippen molar-refractivity contribution in [1.82, 2.24) is 0 Å². The number of allylic oxidation sites excluding steroid dienone is 1. The molecule has 0 aromatic heterocycles. The van der Waals surface area contributed by atoms with Gasteiger partial charge >= 0.3 is 55.6 Å². The van der Waals surface area contributed by atoms with Crippen LogP contribution in [0.4, 0.5) is 0 Å². The summed E-state index contributed by atoms with van der Waals surface area (Å²) in [5.41, 5.74) is 0. The molecule has 0 atom stereocenters. The third-order valence-corrected chi connectivity index (χ3v) is 2.87.